The number of hydrogen-bond donors (Lipinski definition) is 2. The predicted molar refractivity (Wildman–Crippen MR) is 58.8 cm³/mol. The minimum absolute atomic E-state index is 0.0549. The summed E-state index contributed by atoms with van der Waals surface area (Å²) in [5.41, 5.74) is 6.93. The van der Waals surface area contributed by atoms with Gasteiger partial charge >= 0.3 is 0 Å². The van der Waals surface area contributed by atoms with Gasteiger partial charge < -0.3 is 11.1 Å². The van der Waals surface area contributed by atoms with Crippen LogP contribution in [-0.4, -0.2) is 12.8 Å². The van der Waals surface area contributed by atoms with Crippen molar-refractivity contribution < 1.29 is 0 Å². The Kier molecular flexibility index (Phi) is 4.28. The number of nitrogens with two attached hydrogens (primary N) is 1. The van der Waals surface area contributed by atoms with Gasteiger partial charge in [0.15, 0.2) is 0 Å². The molecule has 1 atom stereocenters. The Morgan fingerprint density at radius 1 is 1.38 bits per heavy atom. The molecule has 2 nitrogen and oxygen atoms in total. The molecule has 0 heterocycles. The molecule has 0 aliphatic carbocycles. The number of hydrogen-bond acceptors (Lipinski definition) is 3. The van der Waals surface area contributed by atoms with Crippen LogP contribution in [0.5, 0.6) is 0 Å². The summed E-state index contributed by atoms with van der Waals surface area (Å²) in [7, 11) is 1.86. The Morgan fingerprint density at radius 2 is 2.00 bits per heavy atom. The first-order valence-electron chi connectivity index (χ1n) is 4.43. The number of nitrogens with one attached hydrogen (secondary N) is 1. The van der Waals surface area contributed by atoms with Gasteiger partial charge in [-0.15, -0.1) is 11.8 Å². The molecule has 0 aromatic heterocycles. The lowest BCUT2D eigenvalue weighted by Crippen LogP contribution is -2.24. The van der Waals surface area contributed by atoms with Crippen molar-refractivity contribution in [3.8, 4) is 0 Å². The van der Waals surface area contributed by atoms with E-state index in [1.54, 1.807) is 0 Å². The Bertz CT molecular complexity index is 246. The van der Waals surface area contributed by atoms with Crippen LogP contribution in [0.4, 0.5) is 0 Å². The second-order valence-corrected chi connectivity index (χ2v) is 4.11. The first-order valence-corrected chi connectivity index (χ1v) is 5.42. The quantitative estimate of drug-likeness (QED) is 0.571. The van der Waals surface area contributed by atoms with Crippen molar-refractivity contribution in [1.29, 1.82) is 0 Å². The molecule has 0 saturated carbocycles. The molecule has 0 spiro atoms. The van der Waals surface area contributed by atoms with Crippen LogP contribution in [0, 0.1) is 0 Å². The van der Waals surface area contributed by atoms with E-state index in [-0.39, 0.29) is 6.17 Å². The smallest absolute Gasteiger partial charge is 0.0807 e. The zero-order valence-corrected chi connectivity index (χ0v) is 8.90. The molecule has 0 aliphatic rings. The molecular weight excluding hydrogens is 180 g/mol. The zero-order valence-electron chi connectivity index (χ0n) is 8.08. The third kappa shape index (κ3) is 3.03. The van der Waals surface area contributed by atoms with Crippen LogP contribution in [0.25, 0.3) is 0 Å². The molecule has 3 heteroatoms. The molecule has 0 bridgehead atoms. The largest absolute Gasteiger partial charge is 0.312 e. The van der Waals surface area contributed by atoms with Gasteiger partial charge in [-0.25, -0.2) is 0 Å². The SMILES string of the molecule is CCSc1ccc(C(N)NC)cc1. The number of thioether (sulfide) groups is 1. The standard InChI is InChI=1S/C10H16N2S/c1-3-13-9-6-4-8(5-7-9)10(11)12-2/h4-7,10,12H,3,11H2,1-2H3. The van der Waals surface area contributed by atoms with Gasteiger partial charge in [0.05, 0.1) is 6.17 Å². The molecule has 13 heavy (non-hydrogen) atoms. The van der Waals surface area contributed by atoms with Crippen LogP contribution >= 0.6 is 11.8 Å². The molecule has 0 radical (unpaired) electrons. The minimum atomic E-state index is -0.0549. The average Bonchev–Trinajstić information content (AvgIpc) is 2.18. The molecule has 0 amide bonds. The fraction of sp³-hybridized carbons (Fsp3) is 0.400. The van der Waals surface area contributed by atoms with Crippen LogP contribution in [0.2, 0.25) is 0 Å². The normalized spacial score (nSPS) is 12.8. The van der Waals surface area contributed by atoms with Crippen molar-refractivity contribution in [1.82, 2.24) is 5.32 Å². The maximum absolute atomic E-state index is 5.80. The van der Waals surface area contributed by atoms with E-state index in [4.69, 9.17) is 5.73 Å². The minimum Gasteiger partial charge on any atom is -0.312 e. The summed E-state index contributed by atoms with van der Waals surface area (Å²) in [6.07, 6.45) is -0.0549. The van der Waals surface area contributed by atoms with Crippen molar-refractivity contribution in [3.63, 3.8) is 0 Å². The highest BCUT2D eigenvalue weighted by Gasteiger charge is 2.01. The van der Waals surface area contributed by atoms with Crippen LogP contribution in [0.15, 0.2) is 29.2 Å². The van der Waals surface area contributed by atoms with Crippen LogP contribution in [0.3, 0.4) is 0 Å². The maximum atomic E-state index is 5.80. The van der Waals surface area contributed by atoms with Crippen molar-refractivity contribution >= 4 is 11.8 Å². The van der Waals surface area contributed by atoms with Gasteiger partial charge in [0.1, 0.15) is 0 Å². The lowest BCUT2D eigenvalue weighted by Gasteiger charge is -2.10. The van der Waals surface area contributed by atoms with Crippen LogP contribution in [-0.2, 0) is 0 Å². The molecule has 72 valence electrons. The molecule has 1 rings (SSSR count). The predicted octanol–water partition coefficient (Wildman–Crippen LogP) is 1.98. The topological polar surface area (TPSA) is 38.0 Å². The van der Waals surface area contributed by atoms with Gasteiger partial charge in [-0.05, 0) is 30.5 Å². The molecule has 0 aliphatic heterocycles. The molecule has 0 fully saturated rings. The van der Waals surface area contributed by atoms with E-state index in [1.807, 2.05) is 18.8 Å². The summed E-state index contributed by atoms with van der Waals surface area (Å²) in [5, 5.41) is 3.00. The van der Waals surface area contributed by atoms with Crippen LogP contribution < -0.4 is 11.1 Å². The van der Waals surface area contributed by atoms with E-state index >= 15 is 0 Å². The Morgan fingerprint density at radius 3 is 2.46 bits per heavy atom. The van der Waals surface area contributed by atoms with Gasteiger partial charge in [-0.2, -0.15) is 0 Å². The second kappa shape index (κ2) is 5.27. The lowest BCUT2D eigenvalue weighted by atomic mass is 10.2. The first-order chi connectivity index (χ1) is 6.27. The Labute approximate surface area is 83.9 Å². The van der Waals surface area contributed by atoms with E-state index in [0.717, 1.165) is 11.3 Å². The van der Waals surface area contributed by atoms with E-state index in [9.17, 15) is 0 Å². The highest BCUT2D eigenvalue weighted by molar-refractivity contribution is 7.99. The van der Waals surface area contributed by atoms with Gasteiger partial charge in [0.25, 0.3) is 0 Å². The Hall–Kier alpha value is -0.510. The summed E-state index contributed by atoms with van der Waals surface area (Å²) >= 11 is 1.84. The fourth-order valence-corrected chi connectivity index (χ4v) is 1.77. The summed E-state index contributed by atoms with van der Waals surface area (Å²) in [6.45, 7) is 2.15. The summed E-state index contributed by atoms with van der Waals surface area (Å²) < 4.78 is 0. The monoisotopic (exact) mass is 196 g/mol. The lowest BCUT2D eigenvalue weighted by molar-refractivity contribution is 0.622. The van der Waals surface area contributed by atoms with Gasteiger partial charge in [-0.1, -0.05) is 19.1 Å². The fourth-order valence-electron chi connectivity index (χ4n) is 1.10. The summed E-state index contributed by atoms with van der Waals surface area (Å²) in [5.74, 6) is 1.11. The molecule has 0 saturated heterocycles. The third-order valence-corrected chi connectivity index (χ3v) is 2.76. The highest BCUT2D eigenvalue weighted by Crippen LogP contribution is 2.18. The van der Waals surface area contributed by atoms with Crippen LogP contribution in [0.1, 0.15) is 18.7 Å². The molecule has 3 N–H and O–H groups in total. The third-order valence-electron chi connectivity index (χ3n) is 1.86. The molecule has 1 aromatic rings. The maximum Gasteiger partial charge on any atom is 0.0807 e. The molecule has 1 unspecified atom stereocenters. The van der Waals surface area contributed by atoms with Crippen molar-refractivity contribution in [2.45, 2.75) is 18.0 Å². The van der Waals surface area contributed by atoms with E-state index in [1.165, 1.54) is 4.90 Å². The van der Waals surface area contributed by atoms with Gasteiger partial charge in [0.2, 0.25) is 0 Å². The molecule has 1 aromatic carbocycles. The summed E-state index contributed by atoms with van der Waals surface area (Å²) in [4.78, 5) is 1.30. The van der Waals surface area contributed by atoms with Gasteiger partial charge in [0, 0.05) is 4.90 Å². The zero-order chi connectivity index (χ0) is 9.68. The Balaban J connectivity index is 2.69. The summed E-state index contributed by atoms with van der Waals surface area (Å²) in [6, 6.07) is 8.36. The van der Waals surface area contributed by atoms with E-state index in [0.29, 0.717) is 0 Å². The second-order valence-electron chi connectivity index (χ2n) is 2.77. The van der Waals surface area contributed by atoms with Crippen molar-refractivity contribution in [3.05, 3.63) is 29.8 Å². The van der Waals surface area contributed by atoms with Crippen molar-refractivity contribution in [2.24, 2.45) is 5.73 Å². The average molecular weight is 196 g/mol. The van der Waals surface area contributed by atoms with E-state index < -0.39 is 0 Å². The van der Waals surface area contributed by atoms with Crippen molar-refractivity contribution in [2.75, 3.05) is 12.8 Å². The number of rotatable bonds is 4. The number of benzene rings is 1. The van der Waals surface area contributed by atoms with Gasteiger partial charge in [-0.3, -0.25) is 0 Å². The highest BCUT2D eigenvalue weighted by atomic mass is 32.2. The van der Waals surface area contributed by atoms with E-state index in [2.05, 4.69) is 36.5 Å². The molecular formula is C10H16N2S. The first kappa shape index (κ1) is 10.6.